The molecule has 144 valence electrons. The number of allylic oxidation sites excluding steroid dienone is 3. The fourth-order valence-electron chi connectivity index (χ4n) is 2.18. The van der Waals surface area contributed by atoms with Gasteiger partial charge in [0.05, 0.1) is 4.32 Å². The van der Waals surface area contributed by atoms with Crippen LogP contribution in [0.3, 0.4) is 0 Å². The monoisotopic (exact) mass is 546 g/mol. The van der Waals surface area contributed by atoms with Crippen LogP contribution in [0, 0.1) is 0 Å². The maximum absolute atomic E-state index is 13.7. The summed E-state index contributed by atoms with van der Waals surface area (Å²) < 4.78 is 89.8. The van der Waals surface area contributed by atoms with Crippen molar-refractivity contribution in [3.63, 3.8) is 0 Å². The lowest BCUT2D eigenvalue weighted by Gasteiger charge is -2.32. The number of thioether (sulfide) groups is 1. The number of rotatable bonds is 4. The minimum atomic E-state index is -6.38. The minimum Gasteiger partial charge on any atom is -0.188 e. The van der Waals surface area contributed by atoms with Crippen molar-refractivity contribution in [3.05, 3.63) is 56.4 Å². The van der Waals surface area contributed by atoms with Crippen LogP contribution in [0.25, 0.3) is 0 Å². The Balaban J connectivity index is 2.43. The number of hydrogen-bond donors (Lipinski definition) is 0. The standard InChI is InChI=1S/C15H8Br2ClF7S/c16-8-5-9(26-15(24,25)13(19,20)14(21,22)23)7-12(17,6-8)10-3-1-2-4-11(10)18/h1-5,7H,6H2. The zero-order chi connectivity index (χ0) is 20.0. The van der Waals surface area contributed by atoms with Crippen LogP contribution in [0.1, 0.15) is 12.0 Å². The molecule has 0 saturated carbocycles. The summed E-state index contributed by atoms with van der Waals surface area (Å²) in [4.78, 5) is -0.464. The number of benzene rings is 1. The molecule has 0 N–H and O–H groups in total. The van der Waals surface area contributed by atoms with Gasteiger partial charge in [-0.2, -0.15) is 30.7 Å². The highest BCUT2D eigenvalue weighted by Gasteiger charge is 2.73. The Hall–Kier alpha value is -0.190. The molecule has 0 aliphatic heterocycles. The highest BCUT2D eigenvalue weighted by molar-refractivity contribution is 9.12. The van der Waals surface area contributed by atoms with E-state index in [2.05, 4.69) is 31.9 Å². The molecule has 0 saturated heterocycles. The first-order valence-electron chi connectivity index (χ1n) is 6.74. The predicted molar refractivity (Wildman–Crippen MR) is 95.3 cm³/mol. The Morgan fingerprint density at radius 1 is 1.04 bits per heavy atom. The van der Waals surface area contributed by atoms with Crippen LogP contribution in [-0.4, -0.2) is 17.4 Å². The van der Waals surface area contributed by atoms with Gasteiger partial charge in [-0.1, -0.05) is 61.7 Å². The maximum Gasteiger partial charge on any atom is 0.460 e. The van der Waals surface area contributed by atoms with Gasteiger partial charge >= 0.3 is 17.4 Å². The Kier molecular flexibility index (Phi) is 6.23. The molecule has 0 spiro atoms. The van der Waals surface area contributed by atoms with Crippen molar-refractivity contribution >= 4 is 55.2 Å². The van der Waals surface area contributed by atoms with E-state index in [4.69, 9.17) is 11.6 Å². The van der Waals surface area contributed by atoms with Crippen LogP contribution >= 0.6 is 55.2 Å². The molecule has 0 heterocycles. The summed E-state index contributed by atoms with van der Waals surface area (Å²) >= 11 is 11.7. The van der Waals surface area contributed by atoms with Crippen molar-refractivity contribution in [1.82, 2.24) is 0 Å². The van der Waals surface area contributed by atoms with E-state index in [-0.39, 0.29) is 11.4 Å². The van der Waals surface area contributed by atoms with E-state index >= 15 is 0 Å². The molecule has 1 aromatic carbocycles. The van der Waals surface area contributed by atoms with Gasteiger partial charge in [-0.3, -0.25) is 0 Å². The maximum atomic E-state index is 13.7. The topological polar surface area (TPSA) is 0 Å². The normalized spacial score (nSPS) is 22.1. The Morgan fingerprint density at radius 2 is 1.62 bits per heavy atom. The highest BCUT2D eigenvalue weighted by Crippen LogP contribution is 2.56. The van der Waals surface area contributed by atoms with Gasteiger partial charge < -0.3 is 0 Å². The molecule has 2 rings (SSSR count). The third-order valence-corrected chi connectivity index (χ3v) is 6.14. The van der Waals surface area contributed by atoms with E-state index in [1.54, 1.807) is 24.3 Å². The van der Waals surface area contributed by atoms with E-state index < -0.39 is 38.3 Å². The average Bonchev–Trinajstić information content (AvgIpc) is 2.44. The molecule has 1 aliphatic rings. The summed E-state index contributed by atoms with van der Waals surface area (Å²) in [6, 6.07) is 6.39. The van der Waals surface area contributed by atoms with Crippen LogP contribution in [-0.2, 0) is 4.32 Å². The third-order valence-electron chi connectivity index (χ3n) is 3.39. The first-order chi connectivity index (χ1) is 11.7. The van der Waals surface area contributed by atoms with Gasteiger partial charge in [-0.25, -0.2) is 0 Å². The Bertz CT molecular complexity index is 761. The molecule has 0 aromatic heterocycles. The fourth-order valence-corrected chi connectivity index (χ4v) is 5.86. The van der Waals surface area contributed by atoms with Gasteiger partial charge in [-0.05, 0) is 40.0 Å². The second kappa shape index (κ2) is 7.33. The van der Waals surface area contributed by atoms with Crippen LogP contribution in [0.5, 0.6) is 0 Å². The molecule has 0 nitrogen and oxygen atoms in total. The lowest BCUT2D eigenvalue weighted by atomic mass is 9.92. The molecule has 0 bridgehead atoms. The fraction of sp³-hybridized carbons (Fsp3) is 0.333. The van der Waals surface area contributed by atoms with Crippen LogP contribution in [0.2, 0.25) is 5.02 Å². The number of hydrogen-bond acceptors (Lipinski definition) is 1. The van der Waals surface area contributed by atoms with Gasteiger partial charge in [0.2, 0.25) is 0 Å². The smallest absolute Gasteiger partial charge is 0.188 e. The second-order valence-corrected chi connectivity index (χ2v) is 9.38. The largest absolute Gasteiger partial charge is 0.460 e. The van der Waals surface area contributed by atoms with Crippen LogP contribution in [0.4, 0.5) is 30.7 Å². The number of halogens is 10. The molecular formula is C15H8Br2ClF7S. The molecule has 1 atom stereocenters. The molecular weight excluding hydrogens is 540 g/mol. The van der Waals surface area contributed by atoms with E-state index in [1.807, 2.05) is 0 Å². The molecule has 1 aliphatic carbocycles. The lowest BCUT2D eigenvalue weighted by Crippen LogP contribution is -2.50. The van der Waals surface area contributed by atoms with E-state index in [0.29, 0.717) is 10.0 Å². The van der Waals surface area contributed by atoms with Crippen molar-refractivity contribution < 1.29 is 30.7 Å². The molecule has 11 heteroatoms. The first-order valence-corrected chi connectivity index (χ1v) is 9.52. The SMILES string of the molecule is FC(F)(F)C(F)(F)C(F)(F)SC1=CC(Br)(c2ccccc2Cl)CC(Br)=C1. The van der Waals surface area contributed by atoms with E-state index in [0.717, 1.165) is 12.2 Å². The van der Waals surface area contributed by atoms with Gasteiger partial charge in [0.1, 0.15) is 0 Å². The van der Waals surface area contributed by atoms with Crippen molar-refractivity contribution in [2.24, 2.45) is 0 Å². The number of alkyl halides is 8. The molecule has 1 unspecified atom stereocenters. The van der Waals surface area contributed by atoms with Gasteiger partial charge in [0.25, 0.3) is 0 Å². The van der Waals surface area contributed by atoms with E-state index in [9.17, 15) is 30.7 Å². The van der Waals surface area contributed by atoms with Crippen molar-refractivity contribution in [3.8, 4) is 0 Å². The summed E-state index contributed by atoms with van der Waals surface area (Å²) in [5.41, 5.74) is 0.454. The molecule has 1 aromatic rings. The molecule has 0 amide bonds. The highest BCUT2D eigenvalue weighted by atomic mass is 79.9. The summed E-state index contributed by atoms with van der Waals surface area (Å²) in [7, 11) is 0. The second-order valence-electron chi connectivity index (χ2n) is 5.35. The van der Waals surface area contributed by atoms with Crippen molar-refractivity contribution in [1.29, 1.82) is 0 Å². The zero-order valence-electron chi connectivity index (χ0n) is 12.4. The van der Waals surface area contributed by atoms with Crippen LogP contribution in [0.15, 0.2) is 45.8 Å². The third kappa shape index (κ3) is 4.28. The zero-order valence-corrected chi connectivity index (χ0v) is 17.1. The van der Waals surface area contributed by atoms with Gasteiger partial charge in [0.15, 0.2) is 0 Å². The van der Waals surface area contributed by atoms with Crippen LogP contribution < -0.4 is 0 Å². The van der Waals surface area contributed by atoms with Crippen molar-refractivity contribution in [2.45, 2.75) is 28.1 Å². The Labute approximate surface area is 170 Å². The van der Waals surface area contributed by atoms with Gasteiger partial charge in [-0.15, -0.1) is 0 Å². The molecule has 26 heavy (non-hydrogen) atoms. The lowest BCUT2D eigenvalue weighted by molar-refractivity contribution is -0.330. The summed E-state index contributed by atoms with van der Waals surface area (Å²) in [6.07, 6.45) is -3.97. The summed E-state index contributed by atoms with van der Waals surface area (Å²) in [5.74, 6) is -6.19. The minimum absolute atomic E-state index is 0.196. The summed E-state index contributed by atoms with van der Waals surface area (Å²) in [6.45, 7) is 0. The molecule has 0 radical (unpaired) electrons. The average molecular weight is 549 g/mol. The van der Waals surface area contributed by atoms with E-state index in [1.165, 1.54) is 0 Å². The Morgan fingerprint density at radius 3 is 2.15 bits per heavy atom. The summed E-state index contributed by atoms with van der Waals surface area (Å²) in [5, 5.41) is -5.12. The van der Waals surface area contributed by atoms with Crippen molar-refractivity contribution in [2.75, 3.05) is 0 Å². The predicted octanol–water partition coefficient (Wildman–Crippen LogP) is 8.02. The molecule has 0 fully saturated rings. The quantitative estimate of drug-likeness (QED) is 0.271. The first kappa shape index (κ1) is 22.1. The van der Waals surface area contributed by atoms with Gasteiger partial charge in [0, 0.05) is 16.3 Å².